The molecule has 104 valence electrons. The predicted octanol–water partition coefficient (Wildman–Crippen LogP) is 2.67. The molecule has 2 atom stereocenters. The van der Waals surface area contributed by atoms with E-state index in [2.05, 4.69) is 29.2 Å². The highest BCUT2D eigenvalue weighted by atomic mass is 16.3. The average Bonchev–Trinajstić information content (AvgIpc) is 2.82. The van der Waals surface area contributed by atoms with Gasteiger partial charge in [-0.1, -0.05) is 42.5 Å². The van der Waals surface area contributed by atoms with Crippen molar-refractivity contribution in [2.24, 2.45) is 5.73 Å². The molecule has 1 aliphatic rings. The minimum atomic E-state index is 0.156. The number of aromatic hydroxyl groups is 1. The van der Waals surface area contributed by atoms with Gasteiger partial charge < -0.3 is 10.8 Å². The quantitative estimate of drug-likeness (QED) is 0.899. The summed E-state index contributed by atoms with van der Waals surface area (Å²) in [4.78, 5) is 2.42. The van der Waals surface area contributed by atoms with Crippen molar-refractivity contribution in [2.75, 3.05) is 6.54 Å². The summed E-state index contributed by atoms with van der Waals surface area (Å²) in [5.74, 6) is 0.301. The third-order valence-electron chi connectivity index (χ3n) is 4.01. The zero-order chi connectivity index (χ0) is 13.9. The monoisotopic (exact) mass is 268 g/mol. The molecule has 1 saturated heterocycles. The molecular formula is C17H20N2O. The van der Waals surface area contributed by atoms with Crippen molar-refractivity contribution >= 4 is 0 Å². The van der Waals surface area contributed by atoms with E-state index in [1.807, 2.05) is 18.2 Å². The Kier molecular flexibility index (Phi) is 3.72. The molecule has 2 aromatic carbocycles. The average molecular weight is 268 g/mol. The smallest absolute Gasteiger partial charge is 0.115 e. The Labute approximate surface area is 119 Å². The number of rotatable bonds is 3. The van der Waals surface area contributed by atoms with Gasteiger partial charge in [0.2, 0.25) is 0 Å². The van der Waals surface area contributed by atoms with Crippen LogP contribution in [0.4, 0.5) is 0 Å². The summed E-state index contributed by atoms with van der Waals surface area (Å²) in [6.07, 6.45) is 1.01. The molecule has 1 aliphatic heterocycles. The Morgan fingerprint density at radius 1 is 1.05 bits per heavy atom. The molecule has 20 heavy (non-hydrogen) atoms. The van der Waals surface area contributed by atoms with Gasteiger partial charge in [0, 0.05) is 19.1 Å². The van der Waals surface area contributed by atoms with Crippen LogP contribution in [-0.4, -0.2) is 22.6 Å². The van der Waals surface area contributed by atoms with Crippen molar-refractivity contribution in [1.82, 2.24) is 4.90 Å². The van der Waals surface area contributed by atoms with Gasteiger partial charge in [-0.3, -0.25) is 4.90 Å². The fraction of sp³-hybridized carbons (Fsp3) is 0.294. The SMILES string of the molecule is NC1CCN(Cc2ccccc2)C1c1ccc(O)cc1. The fourth-order valence-electron chi connectivity index (χ4n) is 3.01. The third-order valence-corrected chi connectivity index (χ3v) is 4.01. The maximum atomic E-state index is 9.42. The molecule has 0 bridgehead atoms. The molecule has 1 fully saturated rings. The van der Waals surface area contributed by atoms with Gasteiger partial charge in [-0.25, -0.2) is 0 Å². The highest BCUT2D eigenvalue weighted by molar-refractivity contribution is 5.30. The van der Waals surface area contributed by atoms with Crippen molar-refractivity contribution in [2.45, 2.75) is 25.0 Å². The summed E-state index contributed by atoms with van der Waals surface area (Å²) >= 11 is 0. The van der Waals surface area contributed by atoms with E-state index in [9.17, 15) is 5.11 Å². The molecule has 3 nitrogen and oxygen atoms in total. The molecule has 1 heterocycles. The van der Waals surface area contributed by atoms with Crippen LogP contribution in [0.2, 0.25) is 0 Å². The molecule has 3 heteroatoms. The van der Waals surface area contributed by atoms with Gasteiger partial charge in [0.25, 0.3) is 0 Å². The Bertz CT molecular complexity index is 553. The molecule has 2 aromatic rings. The van der Waals surface area contributed by atoms with E-state index in [0.717, 1.165) is 19.5 Å². The lowest BCUT2D eigenvalue weighted by Gasteiger charge is -2.27. The summed E-state index contributed by atoms with van der Waals surface area (Å²) < 4.78 is 0. The number of likely N-dealkylation sites (tertiary alicyclic amines) is 1. The molecule has 3 N–H and O–H groups in total. The van der Waals surface area contributed by atoms with Gasteiger partial charge >= 0.3 is 0 Å². The van der Waals surface area contributed by atoms with Gasteiger partial charge in [0.15, 0.2) is 0 Å². The van der Waals surface area contributed by atoms with Crippen LogP contribution < -0.4 is 5.73 Å². The number of hydrogen-bond donors (Lipinski definition) is 2. The predicted molar refractivity (Wildman–Crippen MR) is 80.3 cm³/mol. The van der Waals surface area contributed by atoms with E-state index >= 15 is 0 Å². The van der Waals surface area contributed by atoms with Crippen LogP contribution in [0.3, 0.4) is 0 Å². The van der Waals surface area contributed by atoms with E-state index in [-0.39, 0.29) is 12.1 Å². The summed E-state index contributed by atoms with van der Waals surface area (Å²) in [5.41, 5.74) is 8.78. The van der Waals surface area contributed by atoms with Crippen LogP contribution in [0.25, 0.3) is 0 Å². The summed E-state index contributed by atoms with van der Waals surface area (Å²) in [6, 6.07) is 18.3. The summed E-state index contributed by atoms with van der Waals surface area (Å²) in [5, 5.41) is 9.42. The Morgan fingerprint density at radius 3 is 2.45 bits per heavy atom. The molecule has 0 amide bonds. The molecule has 2 unspecified atom stereocenters. The van der Waals surface area contributed by atoms with Crippen LogP contribution in [0, 0.1) is 0 Å². The normalized spacial score (nSPS) is 23.1. The lowest BCUT2D eigenvalue weighted by Crippen LogP contribution is -2.31. The topological polar surface area (TPSA) is 49.5 Å². The Hall–Kier alpha value is -1.84. The molecule has 3 rings (SSSR count). The van der Waals surface area contributed by atoms with Gasteiger partial charge in [-0.15, -0.1) is 0 Å². The molecule has 0 radical (unpaired) electrons. The van der Waals surface area contributed by atoms with Crippen molar-refractivity contribution < 1.29 is 5.11 Å². The molecular weight excluding hydrogens is 248 g/mol. The van der Waals surface area contributed by atoms with Gasteiger partial charge in [0.05, 0.1) is 6.04 Å². The highest BCUT2D eigenvalue weighted by Gasteiger charge is 2.32. The van der Waals surface area contributed by atoms with Crippen LogP contribution in [0.5, 0.6) is 5.75 Å². The Balaban J connectivity index is 1.81. The zero-order valence-corrected chi connectivity index (χ0v) is 11.4. The molecule has 0 aliphatic carbocycles. The van der Waals surface area contributed by atoms with Crippen molar-refractivity contribution in [3.05, 3.63) is 65.7 Å². The zero-order valence-electron chi connectivity index (χ0n) is 11.4. The van der Waals surface area contributed by atoms with Gasteiger partial charge in [-0.05, 0) is 29.7 Å². The number of nitrogens with zero attached hydrogens (tertiary/aromatic N) is 1. The summed E-state index contributed by atoms with van der Waals surface area (Å²) in [7, 11) is 0. The lowest BCUT2D eigenvalue weighted by atomic mass is 10.0. The van der Waals surface area contributed by atoms with Crippen LogP contribution in [0.15, 0.2) is 54.6 Å². The molecule has 0 spiro atoms. The van der Waals surface area contributed by atoms with E-state index < -0.39 is 0 Å². The number of phenolic OH excluding ortho intramolecular Hbond substituents is 1. The minimum absolute atomic E-state index is 0.156. The first kappa shape index (κ1) is 13.2. The first-order chi connectivity index (χ1) is 9.74. The first-order valence-corrected chi connectivity index (χ1v) is 7.06. The summed E-state index contributed by atoms with van der Waals surface area (Å²) in [6.45, 7) is 1.93. The van der Waals surface area contributed by atoms with Gasteiger partial charge in [0.1, 0.15) is 5.75 Å². The second kappa shape index (κ2) is 5.65. The second-order valence-electron chi connectivity index (χ2n) is 5.44. The van der Waals surface area contributed by atoms with Crippen LogP contribution in [0.1, 0.15) is 23.6 Å². The maximum Gasteiger partial charge on any atom is 0.115 e. The highest BCUT2D eigenvalue weighted by Crippen LogP contribution is 2.33. The standard InChI is InChI=1S/C17H20N2O/c18-16-10-11-19(12-13-4-2-1-3-5-13)17(16)14-6-8-15(20)9-7-14/h1-9,16-17,20H,10-12,18H2. The number of phenols is 1. The Morgan fingerprint density at radius 2 is 1.75 bits per heavy atom. The second-order valence-corrected chi connectivity index (χ2v) is 5.44. The van der Waals surface area contributed by atoms with E-state index in [0.29, 0.717) is 5.75 Å². The molecule has 0 aromatic heterocycles. The maximum absolute atomic E-state index is 9.42. The number of nitrogens with two attached hydrogens (primary N) is 1. The fourth-order valence-corrected chi connectivity index (χ4v) is 3.01. The number of hydrogen-bond acceptors (Lipinski definition) is 3. The van der Waals surface area contributed by atoms with E-state index in [1.165, 1.54) is 11.1 Å². The number of benzene rings is 2. The van der Waals surface area contributed by atoms with Crippen molar-refractivity contribution in [3.63, 3.8) is 0 Å². The molecule has 0 saturated carbocycles. The first-order valence-electron chi connectivity index (χ1n) is 7.06. The van der Waals surface area contributed by atoms with Crippen LogP contribution in [-0.2, 0) is 6.54 Å². The van der Waals surface area contributed by atoms with E-state index in [1.54, 1.807) is 12.1 Å². The largest absolute Gasteiger partial charge is 0.508 e. The van der Waals surface area contributed by atoms with Crippen molar-refractivity contribution in [3.8, 4) is 5.75 Å². The van der Waals surface area contributed by atoms with Crippen LogP contribution >= 0.6 is 0 Å². The van der Waals surface area contributed by atoms with Crippen molar-refractivity contribution in [1.29, 1.82) is 0 Å². The lowest BCUT2D eigenvalue weighted by molar-refractivity contribution is 0.239. The minimum Gasteiger partial charge on any atom is -0.508 e. The third kappa shape index (κ3) is 2.69. The van der Waals surface area contributed by atoms with Gasteiger partial charge in [-0.2, -0.15) is 0 Å². The van der Waals surface area contributed by atoms with E-state index in [4.69, 9.17) is 5.73 Å².